The van der Waals surface area contributed by atoms with E-state index in [4.69, 9.17) is 11.6 Å². The minimum atomic E-state index is 0. The van der Waals surface area contributed by atoms with Crippen LogP contribution in [0.1, 0.15) is 0 Å². The van der Waals surface area contributed by atoms with Gasteiger partial charge in [0.05, 0.1) is 0 Å². The molecule has 0 spiro atoms. The summed E-state index contributed by atoms with van der Waals surface area (Å²) in [4.78, 5) is 21.0. The Labute approximate surface area is 164 Å². The molecule has 2 aliphatic rings. The van der Waals surface area contributed by atoms with Crippen LogP contribution in [-0.2, 0) is 13.5 Å². The number of rotatable bonds is 2. The van der Waals surface area contributed by atoms with Crippen LogP contribution in [0.2, 0.25) is 0 Å². The number of halogens is 1. The largest absolute Gasteiger partial charge is 1.00 e. The number of carbonyl (C=O) groups is 2. The fourth-order valence-electron chi connectivity index (χ4n) is 0.896. The van der Waals surface area contributed by atoms with Crippen LogP contribution in [-0.4, -0.2) is 42.5 Å². The smallest absolute Gasteiger partial charge is 0.813 e. The van der Waals surface area contributed by atoms with Crippen molar-refractivity contribution in [2.24, 2.45) is 0 Å². The second-order valence-corrected chi connectivity index (χ2v) is 8.66. The normalized spacial score (nSPS) is 25.9. The van der Waals surface area contributed by atoms with E-state index >= 15 is 0 Å². The molecular formula is C8H12ClNaO2S6. The number of thiol groups is 2. The molecule has 2 nitrogen and oxygen atoms in total. The zero-order valence-electron chi connectivity index (χ0n) is 9.71. The van der Waals surface area contributed by atoms with Gasteiger partial charge in [0, 0.05) is 33.6 Å². The zero-order valence-corrected chi connectivity index (χ0v) is 17.5. The maximum Gasteiger partial charge on any atom is 1.00 e. The number of hydrogen-bond donors (Lipinski definition) is 1. The van der Waals surface area contributed by atoms with Gasteiger partial charge in [-0.15, -0.1) is 11.6 Å². The van der Waals surface area contributed by atoms with Gasteiger partial charge in [0.1, 0.15) is 0 Å². The molecule has 0 amide bonds. The minimum absolute atomic E-state index is 0. The van der Waals surface area contributed by atoms with E-state index in [2.05, 4.69) is 12.6 Å². The first kappa shape index (κ1) is 23.0. The van der Waals surface area contributed by atoms with Gasteiger partial charge in [-0.3, -0.25) is 9.59 Å². The third-order valence-electron chi connectivity index (χ3n) is 1.68. The van der Waals surface area contributed by atoms with Gasteiger partial charge < -0.3 is 13.5 Å². The average molecular weight is 391 g/mol. The molecule has 2 atom stereocenters. The van der Waals surface area contributed by atoms with Crippen LogP contribution >= 0.6 is 71.3 Å². The van der Waals surface area contributed by atoms with Crippen molar-refractivity contribution in [1.82, 2.24) is 0 Å². The molecule has 2 heterocycles. The summed E-state index contributed by atoms with van der Waals surface area (Å²) in [7, 11) is 0. The van der Waals surface area contributed by atoms with Crippen molar-refractivity contribution in [3.05, 3.63) is 0 Å². The summed E-state index contributed by atoms with van der Waals surface area (Å²) in [6.07, 6.45) is 0. The quantitative estimate of drug-likeness (QED) is 0.323. The molecule has 100 valence electrons. The Morgan fingerprint density at radius 2 is 1.56 bits per heavy atom. The van der Waals surface area contributed by atoms with Gasteiger partial charge in [-0.1, -0.05) is 47.0 Å². The van der Waals surface area contributed by atoms with Crippen molar-refractivity contribution >= 4 is 93.7 Å². The molecule has 10 heteroatoms. The summed E-state index contributed by atoms with van der Waals surface area (Å²) in [6.45, 7) is 0. The zero-order chi connectivity index (χ0) is 12.0. The molecule has 18 heavy (non-hydrogen) atoms. The monoisotopic (exact) mass is 390 g/mol. The molecular weight excluding hydrogens is 379 g/mol. The van der Waals surface area contributed by atoms with E-state index in [0.717, 1.165) is 17.3 Å². The van der Waals surface area contributed by atoms with E-state index < -0.39 is 0 Å². The van der Waals surface area contributed by atoms with Crippen LogP contribution in [0.15, 0.2) is 0 Å². The molecule has 0 aromatic rings. The van der Waals surface area contributed by atoms with Gasteiger partial charge >= 0.3 is 29.6 Å². The fourth-order valence-corrected chi connectivity index (χ4v) is 6.13. The number of thioether (sulfide) groups is 4. The summed E-state index contributed by atoms with van der Waals surface area (Å²) in [5.74, 6) is 3.27. The number of hydrogen-bond acceptors (Lipinski definition) is 8. The molecule has 2 rings (SSSR count). The van der Waals surface area contributed by atoms with Gasteiger partial charge in [0.25, 0.3) is 0 Å². The first-order valence-corrected chi connectivity index (χ1v) is 9.39. The molecule has 0 aromatic heterocycles. The third kappa shape index (κ3) is 9.63. The summed E-state index contributed by atoms with van der Waals surface area (Å²) in [6, 6.07) is 0. The molecule has 0 N–H and O–H groups in total. The van der Waals surface area contributed by atoms with Crippen molar-refractivity contribution in [1.29, 1.82) is 0 Å². The van der Waals surface area contributed by atoms with E-state index in [1.54, 1.807) is 0 Å². The Kier molecular flexibility index (Phi) is 17.1. The molecule has 2 unspecified atom stereocenters. The van der Waals surface area contributed by atoms with Gasteiger partial charge in [-0.2, -0.15) is 12.6 Å². The van der Waals surface area contributed by atoms with Crippen molar-refractivity contribution in [3.63, 3.8) is 0 Å². The standard InChI is InChI=1S/C4H5ClOS2.C4H6OS3.Na.H2S/c5-1-3-2-7-4(6)8-3;5-4-7-2-3(1-6)8-4;;/h3H,1-2H2;3,6H,1-2H2;;1H2/q;;+1;/p-1. The molecule has 2 fully saturated rings. The maximum absolute atomic E-state index is 10.5. The fraction of sp³-hybridized carbons (Fsp3) is 0.750. The number of carbonyl (C=O) groups excluding carboxylic acids is 2. The molecule has 0 bridgehead atoms. The van der Waals surface area contributed by atoms with Gasteiger partial charge in [0.15, 0.2) is 0 Å². The van der Waals surface area contributed by atoms with Gasteiger partial charge in [0.2, 0.25) is 8.89 Å². The molecule has 0 saturated carbocycles. The summed E-state index contributed by atoms with van der Waals surface area (Å²) in [5.41, 5.74) is 0. The molecule has 2 saturated heterocycles. The molecule has 0 radical (unpaired) electrons. The van der Waals surface area contributed by atoms with Crippen LogP contribution in [0.25, 0.3) is 0 Å². The van der Waals surface area contributed by atoms with Crippen LogP contribution in [0.4, 0.5) is 9.59 Å². The first-order chi connectivity index (χ1) is 7.65. The summed E-state index contributed by atoms with van der Waals surface area (Å²) in [5, 5.41) is 0.838. The van der Waals surface area contributed by atoms with E-state index in [0.29, 0.717) is 16.4 Å². The topological polar surface area (TPSA) is 34.1 Å². The minimum Gasteiger partial charge on any atom is -0.813 e. The van der Waals surface area contributed by atoms with Crippen molar-refractivity contribution in [3.8, 4) is 0 Å². The summed E-state index contributed by atoms with van der Waals surface area (Å²) < 4.78 is 0.472. The molecule has 0 aromatic carbocycles. The van der Waals surface area contributed by atoms with Crippen molar-refractivity contribution in [2.75, 3.05) is 23.1 Å². The Morgan fingerprint density at radius 3 is 1.72 bits per heavy atom. The molecule has 2 aliphatic heterocycles. The van der Waals surface area contributed by atoms with E-state index in [9.17, 15) is 9.59 Å². The van der Waals surface area contributed by atoms with E-state index in [-0.39, 0.29) is 51.9 Å². The third-order valence-corrected chi connectivity index (χ3v) is 7.95. The summed E-state index contributed by atoms with van der Waals surface area (Å²) >= 11 is 15.1. The van der Waals surface area contributed by atoms with Crippen LogP contribution in [0, 0.1) is 0 Å². The second-order valence-electron chi connectivity index (χ2n) is 2.94. The van der Waals surface area contributed by atoms with Crippen LogP contribution < -0.4 is 29.6 Å². The van der Waals surface area contributed by atoms with E-state index in [1.165, 1.54) is 47.0 Å². The maximum atomic E-state index is 10.5. The predicted molar refractivity (Wildman–Crippen MR) is 91.8 cm³/mol. The Hall–Kier alpha value is 2.73. The SMILES string of the molecule is O=C1SCC(CCl)S1.O=C1SCC(CS)S1.[Na+].[SH-]. The van der Waals surface area contributed by atoms with E-state index in [1.807, 2.05) is 0 Å². The second kappa shape index (κ2) is 13.4. The Balaban J connectivity index is 0. The average Bonchev–Trinajstić information content (AvgIpc) is 2.88. The predicted octanol–water partition coefficient (Wildman–Crippen LogP) is 0.813. The van der Waals surface area contributed by atoms with Crippen LogP contribution in [0.5, 0.6) is 0 Å². The first-order valence-electron chi connectivity index (χ1n) is 4.49. The number of alkyl halides is 1. The van der Waals surface area contributed by atoms with Crippen molar-refractivity contribution in [2.45, 2.75) is 10.5 Å². The Morgan fingerprint density at radius 1 is 1.11 bits per heavy atom. The van der Waals surface area contributed by atoms with Crippen molar-refractivity contribution < 1.29 is 39.1 Å². The molecule has 0 aliphatic carbocycles. The van der Waals surface area contributed by atoms with Gasteiger partial charge in [-0.25, -0.2) is 0 Å². The van der Waals surface area contributed by atoms with Gasteiger partial charge in [-0.05, 0) is 0 Å². The Bertz CT molecular complexity index is 244. The van der Waals surface area contributed by atoms with Crippen LogP contribution in [0.3, 0.4) is 0 Å².